The van der Waals surface area contributed by atoms with E-state index in [0.29, 0.717) is 6.04 Å². The van der Waals surface area contributed by atoms with Crippen molar-refractivity contribution in [1.29, 1.82) is 0 Å². The van der Waals surface area contributed by atoms with E-state index >= 15 is 0 Å². The molecule has 1 saturated carbocycles. The minimum absolute atomic E-state index is 0.0481. The van der Waals surface area contributed by atoms with E-state index in [1.54, 1.807) is 0 Å². The van der Waals surface area contributed by atoms with E-state index in [-0.39, 0.29) is 12.1 Å². The van der Waals surface area contributed by atoms with Crippen LogP contribution in [-0.4, -0.2) is 17.3 Å². The van der Waals surface area contributed by atoms with E-state index in [2.05, 4.69) is 36.5 Å². The molecule has 0 aliphatic heterocycles. The van der Waals surface area contributed by atoms with Crippen LogP contribution < -0.4 is 5.32 Å². The summed E-state index contributed by atoms with van der Waals surface area (Å²) in [5.74, 6) is 0. The van der Waals surface area contributed by atoms with Crippen molar-refractivity contribution in [2.45, 2.75) is 50.6 Å². The number of rotatable bonds is 4. The molecule has 0 heterocycles. The van der Waals surface area contributed by atoms with Gasteiger partial charge in [-0.3, -0.25) is 0 Å². The molecule has 94 valence electrons. The van der Waals surface area contributed by atoms with Gasteiger partial charge >= 0.3 is 0 Å². The largest absolute Gasteiger partial charge is 0.394 e. The molecular formula is C15H23NO. The van der Waals surface area contributed by atoms with Gasteiger partial charge in [-0.2, -0.15) is 0 Å². The molecule has 0 saturated heterocycles. The fourth-order valence-corrected chi connectivity index (χ4v) is 2.86. The van der Waals surface area contributed by atoms with Crippen LogP contribution in [0.2, 0.25) is 0 Å². The van der Waals surface area contributed by atoms with Crippen molar-refractivity contribution < 1.29 is 5.11 Å². The van der Waals surface area contributed by atoms with Gasteiger partial charge in [0.1, 0.15) is 0 Å². The van der Waals surface area contributed by atoms with Crippen molar-refractivity contribution in [3.63, 3.8) is 0 Å². The lowest BCUT2D eigenvalue weighted by atomic mass is 9.81. The van der Waals surface area contributed by atoms with Gasteiger partial charge < -0.3 is 10.4 Å². The molecule has 1 unspecified atom stereocenters. The zero-order chi connectivity index (χ0) is 12.1. The summed E-state index contributed by atoms with van der Waals surface area (Å²) >= 11 is 0. The third kappa shape index (κ3) is 3.08. The quantitative estimate of drug-likeness (QED) is 0.838. The average molecular weight is 233 g/mol. The van der Waals surface area contributed by atoms with Crippen molar-refractivity contribution in [3.8, 4) is 0 Å². The molecule has 2 rings (SSSR count). The Hall–Kier alpha value is -0.860. The summed E-state index contributed by atoms with van der Waals surface area (Å²) in [5.41, 5.74) is 1.25. The maximum atomic E-state index is 9.67. The van der Waals surface area contributed by atoms with Crippen molar-refractivity contribution in [3.05, 3.63) is 35.9 Å². The van der Waals surface area contributed by atoms with Crippen LogP contribution in [0.1, 0.15) is 50.6 Å². The molecule has 1 aromatic rings. The second-order valence-electron chi connectivity index (χ2n) is 5.28. The lowest BCUT2D eigenvalue weighted by Gasteiger charge is -2.39. The van der Waals surface area contributed by atoms with Gasteiger partial charge in [0.05, 0.1) is 6.61 Å². The summed E-state index contributed by atoms with van der Waals surface area (Å²) in [7, 11) is 0. The summed E-state index contributed by atoms with van der Waals surface area (Å²) in [5, 5.41) is 13.3. The molecule has 2 nitrogen and oxygen atoms in total. The number of benzene rings is 1. The van der Waals surface area contributed by atoms with Crippen LogP contribution in [0.5, 0.6) is 0 Å². The fraction of sp³-hybridized carbons (Fsp3) is 0.600. The maximum absolute atomic E-state index is 9.67. The number of nitrogens with one attached hydrogen (secondary N) is 1. The molecule has 0 bridgehead atoms. The highest BCUT2D eigenvalue weighted by Crippen LogP contribution is 2.30. The second-order valence-corrected chi connectivity index (χ2v) is 5.28. The van der Waals surface area contributed by atoms with E-state index in [9.17, 15) is 5.11 Å². The molecule has 0 amide bonds. The topological polar surface area (TPSA) is 32.3 Å². The van der Waals surface area contributed by atoms with E-state index in [1.165, 1.54) is 24.8 Å². The summed E-state index contributed by atoms with van der Waals surface area (Å²) in [6, 6.07) is 10.8. The van der Waals surface area contributed by atoms with Gasteiger partial charge in [0.25, 0.3) is 0 Å². The molecule has 0 radical (unpaired) electrons. The van der Waals surface area contributed by atoms with Gasteiger partial charge in [-0.15, -0.1) is 0 Å². The van der Waals surface area contributed by atoms with Gasteiger partial charge in [0.15, 0.2) is 0 Å². The Balaban J connectivity index is 2.03. The summed E-state index contributed by atoms with van der Waals surface area (Å²) in [6.07, 6.45) is 5.97. The fourth-order valence-electron chi connectivity index (χ4n) is 2.86. The van der Waals surface area contributed by atoms with Gasteiger partial charge in [-0.05, 0) is 25.3 Å². The normalized spacial score (nSPS) is 21.1. The predicted octanol–water partition coefficient (Wildman–Crippen LogP) is 3.03. The molecule has 1 aromatic carbocycles. The zero-order valence-corrected chi connectivity index (χ0v) is 10.7. The first-order valence-corrected chi connectivity index (χ1v) is 6.69. The first kappa shape index (κ1) is 12.6. The SMILES string of the molecule is CC(NC1(CO)CCCCC1)c1ccccc1. The number of hydrogen-bond donors (Lipinski definition) is 2. The first-order chi connectivity index (χ1) is 8.26. The summed E-state index contributed by atoms with van der Waals surface area (Å²) in [4.78, 5) is 0. The van der Waals surface area contributed by atoms with Crippen LogP contribution >= 0.6 is 0 Å². The minimum Gasteiger partial charge on any atom is -0.394 e. The van der Waals surface area contributed by atoms with Crippen molar-refractivity contribution in [2.24, 2.45) is 0 Å². The molecule has 1 atom stereocenters. The minimum atomic E-state index is -0.0481. The van der Waals surface area contributed by atoms with E-state index < -0.39 is 0 Å². The zero-order valence-electron chi connectivity index (χ0n) is 10.7. The smallest absolute Gasteiger partial charge is 0.0613 e. The Bertz CT molecular complexity index is 330. The van der Waals surface area contributed by atoms with Crippen LogP contribution in [-0.2, 0) is 0 Å². The molecule has 1 fully saturated rings. The van der Waals surface area contributed by atoms with Crippen LogP contribution in [0.25, 0.3) is 0 Å². The summed E-state index contributed by atoms with van der Waals surface area (Å²) in [6.45, 7) is 2.44. The van der Waals surface area contributed by atoms with Gasteiger partial charge in [0.2, 0.25) is 0 Å². The highest BCUT2D eigenvalue weighted by Gasteiger charge is 2.32. The molecule has 1 aliphatic rings. The highest BCUT2D eigenvalue weighted by atomic mass is 16.3. The van der Waals surface area contributed by atoms with Crippen LogP contribution in [0, 0.1) is 0 Å². The first-order valence-electron chi connectivity index (χ1n) is 6.69. The van der Waals surface area contributed by atoms with Crippen molar-refractivity contribution in [2.75, 3.05) is 6.61 Å². The molecule has 0 aromatic heterocycles. The number of aliphatic hydroxyl groups excluding tert-OH is 1. The van der Waals surface area contributed by atoms with Crippen LogP contribution in [0.15, 0.2) is 30.3 Å². The molecule has 17 heavy (non-hydrogen) atoms. The molecule has 1 aliphatic carbocycles. The molecular weight excluding hydrogens is 210 g/mol. The Morgan fingerprint density at radius 3 is 2.41 bits per heavy atom. The van der Waals surface area contributed by atoms with Crippen LogP contribution in [0.4, 0.5) is 0 Å². The van der Waals surface area contributed by atoms with E-state index in [1.807, 2.05) is 6.07 Å². The Morgan fingerprint density at radius 2 is 1.82 bits per heavy atom. The third-order valence-corrected chi connectivity index (χ3v) is 3.94. The number of aliphatic hydroxyl groups is 1. The van der Waals surface area contributed by atoms with E-state index in [4.69, 9.17) is 0 Å². The summed E-state index contributed by atoms with van der Waals surface area (Å²) < 4.78 is 0. The Kier molecular flexibility index (Phi) is 4.19. The Morgan fingerprint density at radius 1 is 1.18 bits per heavy atom. The van der Waals surface area contributed by atoms with Crippen molar-refractivity contribution >= 4 is 0 Å². The standard InChI is InChI=1S/C15H23NO/c1-13(14-8-4-2-5-9-14)16-15(12-17)10-6-3-7-11-15/h2,4-5,8-9,13,16-17H,3,6-7,10-12H2,1H3. The molecule has 2 heteroatoms. The molecule has 0 spiro atoms. The monoisotopic (exact) mass is 233 g/mol. The maximum Gasteiger partial charge on any atom is 0.0613 e. The highest BCUT2D eigenvalue weighted by molar-refractivity contribution is 5.18. The van der Waals surface area contributed by atoms with E-state index in [0.717, 1.165) is 12.8 Å². The van der Waals surface area contributed by atoms with Gasteiger partial charge in [-0.25, -0.2) is 0 Å². The lowest BCUT2D eigenvalue weighted by Crippen LogP contribution is -2.50. The van der Waals surface area contributed by atoms with Gasteiger partial charge in [0, 0.05) is 11.6 Å². The Labute approximate surface area is 104 Å². The average Bonchev–Trinajstić information content (AvgIpc) is 2.41. The van der Waals surface area contributed by atoms with Crippen molar-refractivity contribution in [1.82, 2.24) is 5.32 Å². The number of hydrogen-bond acceptors (Lipinski definition) is 2. The van der Waals surface area contributed by atoms with Crippen LogP contribution in [0.3, 0.4) is 0 Å². The lowest BCUT2D eigenvalue weighted by molar-refractivity contribution is 0.111. The molecule has 2 N–H and O–H groups in total. The predicted molar refractivity (Wildman–Crippen MR) is 70.9 cm³/mol. The second kappa shape index (κ2) is 5.65. The third-order valence-electron chi connectivity index (χ3n) is 3.94. The van der Waals surface area contributed by atoms with Gasteiger partial charge in [-0.1, -0.05) is 49.6 Å².